The van der Waals surface area contributed by atoms with Gasteiger partial charge in [0, 0.05) is 0 Å². The Morgan fingerprint density at radius 3 is 2.50 bits per heavy atom. The van der Waals surface area contributed by atoms with E-state index < -0.39 is 21.3 Å². The molecule has 0 saturated carbocycles. The largest absolute Gasteiger partial charge is 0.408 e. The van der Waals surface area contributed by atoms with Gasteiger partial charge < -0.3 is 10.1 Å². The zero-order valence-electron chi connectivity index (χ0n) is 7.03. The summed E-state index contributed by atoms with van der Waals surface area (Å²) in [4.78, 5) is 20.9. The molecule has 0 aromatic carbocycles. The maximum atomic E-state index is 11.3. The second kappa shape index (κ2) is 3.93. The molecular formula is C6H5Cl2N3O3. The molecule has 1 aromatic heterocycles. The molecule has 0 atom stereocenters. The van der Waals surface area contributed by atoms with Crippen molar-refractivity contribution in [2.75, 3.05) is 0 Å². The van der Waals surface area contributed by atoms with E-state index in [9.17, 15) is 14.9 Å². The van der Waals surface area contributed by atoms with Gasteiger partial charge in [-0.25, -0.2) is 0 Å². The number of aromatic nitrogens is 2. The number of hydrogen-bond acceptors (Lipinski definition) is 4. The summed E-state index contributed by atoms with van der Waals surface area (Å²) < 4.78 is 0.881. The van der Waals surface area contributed by atoms with Crippen molar-refractivity contribution in [2.45, 2.75) is 13.5 Å². The lowest BCUT2D eigenvalue weighted by Crippen LogP contribution is -2.23. The van der Waals surface area contributed by atoms with E-state index in [-0.39, 0.29) is 11.6 Å². The van der Waals surface area contributed by atoms with Crippen molar-refractivity contribution in [3.63, 3.8) is 0 Å². The minimum Gasteiger partial charge on any atom is -0.358 e. The van der Waals surface area contributed by atoms with Gasteiger partial charge in [0.25, 0.3) is 0 Å². The molecule has 0 aliphatic heterocycles. The molecule has 8 heteroatoms. The Kier molecular flexibility index (Phi) is 3.07. The molecule has 0 saturated heterocycles. The summed E-state index contributed by atoms with van der Waals surface area (Å²) in [7, 11) is 0. The monoisotopic (exact) mass is 237 g/mol. The standard InChI is InChI=1S/C6H5Cl2N3O3/c1-2-10-6(12)4(8)3(7)5(9-10)11(13)14/h2H2,1H3. The van der Waals surface area contributed by atoms with Crippen molar-refractivity contribution in [1.82, 2.24) is 9.78 Å². The van der Waals surface area contributed by atoms with Crippen molar-refractivity contribution >= 4 is 29.0 Å². The van der Waals surface area contributed by atoms with Crippen molar-refractivity contribution in [2.24, 2.45) is 0 Å². The fourth-order valence-corrected chi connectivity index (χ4v) is 1.21. The molecular weight excluding hydrogens is 233 g/mol. The number of hydrogen-bond donors (Lipinski definition) is 0. The first-order chi connectivity index (χ1) is 6.49. The summed E-state index contributed by atoms with van der Waals surface area (Å²) in [6, 6.07) is 0. The molecule has 0 N–H and O–H groups in total. The van der Waals surface area contributed by atoms with Crippen LogP contribution in [0.5, 0.6) is 0 Å². The SMILES string of the molecule is CCn1nc([N+](=O)[O-])c(Cl)c(Cl)c1=O. The van der Waals surface area contributed by atoms with Gasteiger partial charge in [-0.3, -0.25) is 4.79 Å². The Morgan fingerprint density at radius 2 is 2.07 bits per heavy atom. The fourth-order valence-electron chi connectivity index (χ4n) is 0.840. The van der Waals surface area contributed by atoms with Crippen LogP contribution in [0.1, 0.15) is 6.92 Å². The van der Waals surface area contributed by atoms with E-state index in [1.807, 2.05) is 0 Å². The van der Waals surface area contributed by atoms with E-state index in [0.29, 0.717) is 0 Å². The van der Waals surface area contributed by atoms with Gasteiger partial charge in [-0.05, 0) is 11.8 Å². The lowest BCUT2D eigenvalue weighted by molar-refractivity contribution is -0.390. The number of aryl methyl sites for hydroxylation is 1. The molecule has 14 heavy (non-hydrogen) atoms. The van der Waals surface area contributed by atoms with E-state index in [0.717, 1.165) is 4.68 Å². The third-order valence-corrected chi connectivity index (χ3v) is 2.30. The van der Waals surface area contributed by atoms with Gasteiger partial charge in [0.2, 0.25) is 0 Å². The molecule has 76 valence electrons. The van der Waals surface area contributed by atoms with Crippen LogP contribution < -0.4 is 5.56 Å². The maximum Gasteiger partial charge on any atom is 0.408 e. The Labute approximate surface area is 88.2 Å². The number of halogens is 2. The lowest BCUT2D eigenvalue weighted by Gasteiger charge is -1.99. The first-order valence-electron chi connectivity index (χ1n) is 3.59. The topological polar surface area (TPSA) is 78.0 Å². The highest BCUT2D eigenvalue weighted by atomic mass is 35.5. The Bertz CT molecular complexity index is 443. The molecule has 0 spiro atoms. The Hall–Kier alpha value is -1.14. The van der Waals surface area contributed by atoms with Crippen LogP contribution in [0.4, 0.5) is 5.82 Å². The van der Waals surface area contributed by atoms with Crippen molar-refractivity contribution in [1.29, 1.82) is 0 Å². The molecule has 0 fully saturated rings. The highest BCUT2D eigenvalue weighted by Gasteiger charge is 2.23. The molecule has 0 amide bonds. The normalized spacial score (nSPS) is 10.2. The van der Waals surface area contributed by atoms with Gasteiger partial charge in [-0.15, -0.1) is 4.68 Å². The van der Waals surface area contributed by atoms with Crippen molar-refractivity contribution < 1.29 is 4.92 Å². The first kappa shape index (κ1) is 10.9. The van der Waals surface area contributed by atoms with Crippen LogP contribution in [-0.4, -0.2) is 14.7 Å². The molecule has 1 aromatic rings. The van der Waals surface area contributed by atoms with Gasteiger partial charge in [-0.2, -0.15) is 0 Å². The zero-order valence-corrected chi connectivity index (χ0v) is 8.54. The first-order valence-corrected chi connectivity index (χ1v) is 4.35. The summed E-state index contributed by atoms with van der Waals surface area (Å²) in [6.45, 7) is 1.80. The second-order valence-corrected chi connectivity index (χ2v) is 3.09. The molecule has 0 bridgehead atoms. The van der Waals surface area contributed by atoms with E-state index in [1.54, 1.807) is 6.92 Å². The van der Waals surface area contributed by atoms with Crippen LogP contribution in [0, 0.1) is 10.1 Å². The molecule has 1 rings (SSSR count). The Morgan fingerprint density at radius 1 is 1.50 bits per heavy atom. The molecule has 0 unspecified atom stereocenters. The zero-order chi connectivity index (χ0) is 10.9. The van der Waals surface area contributed by atoms with E-state index in [1.165, 1.54) is 0 Å². The van der Waals surface area contributed by atoms with Crippen LogP contribution in [0.3, 0.4) is 0 Å². The van der Waals surface area contributed by atoms with Crippen LogP contribution in [0.25, 0.3) is 0 Å². The van der Waals surface area contributed by atoms with Gasteiger partial charge >= 0.3 is 11.4 Å². The molecule has 0 aliphatic rings. The lowest BCUT2D eigenvalue weighted by atomic mass is 10.5. The number of nitrogens with zero attached hydrogens (tertiary/aromatic N) is 3. The maximum absolute atomic E-state index is 11.3. The minimum absolute atomic E-state index is 0.191. The molecule has 0 aliphatic carbocycles. The van der Waals surface area contributed by atoms with Crippen LogP contribution >= 0.6 is 23.2 Å². The van der Waals surface area contributed by atoms with E-state index >= 15 is 0 Å². The summed E-state index contributed by atoms with van der Waals surface area (Å²) in [5.74, 6) is -0.613. The third-order valence-electron chi connectivity index (χ3n) is 1.50. The Balaban J connectivity index is 3.57. The predicted octanol–water partition coefficient (Wildman–Crippen LogP) is 1.48. The average Bonchev–Trinajstić information content (AvgIpc) is 2.14. The van der Waals surface area contributed by atoms with Crippen LogP contribution in [0.15, 0.2) is 4.79 Å². The molecule has 0 radical (unpaired) electrons. The third kappa shape index (κ3) is 1.71. The summed E-state index contributed by atoms with van der Waals surface area (Å²) in [5, 5.41) is 13.1. The highest BCUT2D eigenvalue weighted by molar-refractivity contribution is 6.42. The average molecular weight is 238 g/mol. The fraction of sp³-hybridized carbons (Fsp3) is 0.333. The number of rotatable bonds is 2. The van der Waals surface area contributed by atoms with Crippen LogP contribution in [-0.2, 0) is 6.54 Å². The highest BCUT2D eigenvalue weighted by Crippen LogP contribution is 2.25. The predicted molar refractivity (Wildman–Crippen MR) is 50.8 cm³/mol. The smallest absolute Gasteiger partial charge is 0.358 e. The molecule has 1 heterocycles. The summed E-state index contributed by atoms with van der Waals surface area (Å²) in [5.41, 5.74) is -0.634. The van der Waals surface area contributed by atoms with Gasteiger partial charge in [0.15, 0.2) is 5.02 Å². The van der Waals surface area contributed by atoms with E-state index in [4.69, 9.17) is 23.2 Å². The van der Waals surface area contributed by atoms with E-state index in [2.05, 4.69) is 5.10 Å². The quantitative estimate of drug-likeness (QED) is 0.577. The number of nitro groups is 1. The van der Waals surface area contributed by atoms with Gasteiger partial charge in [0.05, 0.1) is 11.6 Å². The van der Waals surface area contributed by atoms with Crippen LogP contribution in [0.2, 0.25) is 10.0 Å². The summed E-state index contributed by atoms with van der Waals surface area (Å²) in [6.07, 6.45) is 0. The summed E-state index contributed by atoms with van der Waals surface area (Å²) >= 11 is 11.0. The van der Waals surface area contributed by atoms with Crippen molar-refractivity contribution in [3.8, 4) is 0 Å². The second-order valence-electron chi connectivity index (χ2n) is 2.33. The van der Waals surface area contributed by atoms with Crippen molar-refractivity contribution in [3.05, 3.63) is 30.5 Å². The van der Waals surface area contributed by atoms with Gasteiger partial charge in [-0.1, -0.05) is 23.2 Å². The minimum atomic E-state index is -0.792. The van der Waals surface area contributed by atoms with Gasteiger partial charge in [0.1, 0.15) is 5.02 Å². The molecule has 6 nitrogen and oxygen atoms in total.